The molecule has 0 spiro atoms. The molecule has 0 aliphatic carbocycles. The van der Waals surface area contributed by atoms with Gasteiger partial charge in [-0.1, -0.05) is 13.8 Å². The first-order valence-electron chi connectivity index (χ1n) is 5.38. The lowest BCUT2D eigenvalue weighted by atomic mass is 10.0. The molecule has 0 radical (unpaired) electrons. The third-order valence-corrected chi connectivity index (χ3v) is 2.17. The van der Waals surface area contributed by atoms with E-state index in [1.54, 1.807) is 0 Å². The van der Waals surface area contributed by atoms with Crippen molar-refractivity contribution in [2.24, 2.45) is 5.92 Å². The molecule has 6 nitrogen and oxygen atoms in total. The highest BCUT2D eigenvalue weighted by molar-refractivity contribution is 5.84. The Kier molecular flexibility index (Phi) is 4.68. The lowest BCUT2D eigenvalue weighted by Crippen LogP contribution is -2.42. The lowest BCUT2D eigenvalue weighted by molar-refractivity contribution is -0.142. The van der Waals surface area contributed by atoms with Crippen molar-refractivity contribution in [1.29, 1.82) is 0 Å². The summed E-state index contributed by atoms with van der Waals surface area (Å²) in [5.74, 6) is -1.19. The van der Waals surface area contributed by atoms with Crippen molar-refractivity contribution in [3.05, 3.63) is 18.4 Å². The summed E-state index contributed by atoms with van der Waals surface area (Å²) in [5, 5.41) is 11.4. The van der Waals surface area contributed by atoms with Crippen LogP contribution >= 0.6 is 0 Å². The molecule has 1 aromatic heterocycles. The third-order valence-electron chi connectivity index (χ3n) is 2.17. The van der Waals surface area contributed by atoms with Crippen molar-refractivity contribution >= 4 is 11.9 Å². The van der Waals surface area contributed by atoms with Gasteiger partial charge in [0.25, 0.3) is 0 Å². The minimum absolute atomic E-state index is 0.0262. The quantitative estimate of drug-likeness (QED) is 0.768. The number of rotatable bonds is 6. The number of nitrogens with one attached hydrogen (secondary N) is 1. The summed E-state index contributed by atoms with van der Waals surface area (Å²) >= 11 is 0. The van der Waals surface area contributed by atoms with Gasteiger partial charge in [-0.3, -0.25) is 4.79 Å². The Balaban J connectivity index is 2.49. The first-order valence-corrected chi connectivity index (χ1v) is 5.38. The Hall–Kier alpha value is -1.85. The van der Waals surface area contributed by atoms with Gasteiger partial charge < -0.3 is 14.8 Å². The maximum atomic E-state index is 11.6. The van der Waals surface area contributed by atoms with Crippen LogP contribution in [0.4, 0.5) is 0 Å². The number of amides is 1. The van der Waals surface area contributed by atoms with Crippen molar-refractivity contribution in [1.82, 2.24) is 10.3 Å². The smallest absolute Gasteiger partial charge is 0.326 e. The summed E-state index contributed by atoms with van der Waals surface area (Å²) < 4.78 is 4.72. The van der Waals surface area contributed by atoms with E-state index in [1.807, 2.05) is 13.8 Å². The summed E-state index contributed by atoms with van der Waals surface area (Å²) in [7, 11) is 0. The molecule has 2 N–H and O–H groups in total. The number of hydrogen-bond donors (Lipinski definition) is 2. The molecule has 0 aromatic carbocycles. The van der Waals surface area contributed by atoms with Gasteiger partial charge in [0.1, 0.15) is 12.3 Å². The summed E-state index contributed by atoms with van der Waals surface area (Å²) in [6, 6.07) is -0.852. The van der Waals surface area contributed by atoms with E-state index in [2.05, 4.69) is 10.3 Å². The highest BCUT2D eigenvalue weighted by atomic mass is 16.4. The molecule has 17 heavy (non-hydrogen) atoms. The average molecular weight is 240 g/mol. The van der Waals surface area contributed by atoms with E-state index >= 15 is 0 Å². The highest BCUT2D eigenvalue weighted by Crippen LogP contribution is 2.05. The van der Waals surface area contributed by atoms with Gasteiger partial charge in [-0.25, -0.2) is 9.78 Å². The van der Waals surface area contributed by atoms with Gasteiger partial charge in [0.15, 0.2) is 6.39 Å². The molecule has 6 heteroatoms. The SMILES string of the molecule is CC(C)C[C@@H](NC(=O)Cc1cocn1)C(=O)O. The highest BCUT2D eigenvalue weighted by Gasteiger charge is 2.21. The van der Waals surface area contributed by atoms with Crippen LogP contribution in [0, 0.1) is 5.92 Å². The predicted octanol–water partition coefficient (Wildman–Crippen LogP) is 0.833. The second-order valence-electron chi connectivity index (χ2n) is 4.24. The minimum Gasteiger partial charge on any atom is -0.480 e. The van der Waals surface area contributed by atoms with Crippen LogP contribution in [-0.4, -0.2) is 28.0 Å². The molecule has 1 atom stereocenters. The predicted molar refractivity (Wildman–Crippen MR) is 59.2 cm³/mol. The fraction of sp³-hybridized carbons (Fsp3) is 0.545. The molecule has 0 unspecified atom stereocenters. The Morgan fingerprint density at radius 1 is 1.53 bits per heavy atom. The van der Waals surface area contributed by atoms with Crippen LogP contribution < -0.4 is 5.32 Å². The van der Waals surface area contributed by atoms with E-state index in [0.29, 0.717) is 12.1 Å². The number of carboxylic acids is 1. The van der Waals surface area contributed by atoms with Crippen LogP contribution in [0.5, 0.6) is 0 Å². The molecule has 94 valence electrons. The molecule has 0 aliphatic heterocycles. The van der Waals surface area contributed by atoms with Gasteiger partial charge in [0.05, 0.1) is 12.1 Å². The number of aliphatic carboxylic acids is 1. The molecular formula is C11H16N2O4. The molecular weight excluding hydrogens is 224 g/mol. The Bertz CT molecular complexity index is 373. The molecule has 1 aromatic rings. The van der Waals surface area contributed by atoms with E-state index < -0.39 is 12.0 Å². The van der Waals surface area contributed by atoms with Crippen LogP contribution in [0.1, 0.15) is 26.0 Å². The first-order chi connectivity index (χ1) is 7.99. The fourth-order valence-corrected chi connectivity index (χ4v) is 1.43. The summed E-state index contributed by atoms with van der Waals surface area (Å²) in [4.78, 5) is 26.3. The summed E-state index contributed by atoms with van der Waals surface area (Å²) in [6.45, 7) is 3.81. The number of carboxylic acid groups (broad SMARTS) is 1. The topological polar surface area (TPSA) is 92.4 Å². The second kappa shape index (κ2) is 6.03. The molecule has 0 saturated heterocycles. The number of aromatic nitrogens is 1. The van der Waals surface area contributed by atoms with E-state index in [0.717, 1.165) is 0 Å². The van der Waals surface area contributed by atoms with Crippen molar-refractivity contribution in [3.8, 4) is 0 Å². The van der Waals surface area contributed by atoms with Gasteiger partial charge in [0, 0.05) is 0 Å². The van der Waals surface area contributed by atoms with E-state index in [4.69, 9.17) is 9.52 Å². The number of carbonyl (C=O) groups excluding carboxylic acids is 1. The second-order valence-corrected chi connectivity index (χ2v) is 4.24. The fourth-order valence-electron chi connectivity index (χ4n) is 1.43. The van der Waals surface area contributed by atoms with Gasteiger partial charge in [-0.05, 0) is 12.3 Å². The van der Waals surface area contributed by atoms with Crippen molar-refractivity contribution in [2.75, 3.05) is 0 Å². The minimum atomic E-state index is -1.02. The molecule has 0 aliphatic rings. The van der Waals surface area contributed by atoms with Gasteiger partial charge in [-0.15, -0.1) is 0 Å². The summed E-state index contributed by atoms with van der Waals surface area (Å²) in [5.41, 5.74) is 0.483. The number of carbonyl (C=O) groups is 2. The first kappa shape index (κ1) is 13.2. The average Bonchev–Trinajstić information content (AvgIpc) is 2.68. The van der Waals surface area contributed by atoms with E-state index in [-0.39, 0.29) is 18.2 Å². The van der Waals surface area contributed by atoms with Crippen molar-refractivity contribution in [2.45, 2.75) is 32.7 Å². The van der Waals surface area contributed by atoms with Crippen LogP contribution in [0.3, 0.4) is 0 Å². The largest absolute Gasteiger partial charge is 0.480 e. The summed E-state index contributed by atoms with van der Waals surface area (Å²) in [6.07, 6.45) is 3.02. The molecule has 0 saturated carbocycles. The van der Waals surface area contributed by atoms with E-state index in [1.165, 1.54) is 12.7 Å². The molecule has 0 bridgehead atoms. The molecule has 1 rings (SSSR count). The molecule has 1 amide bonds. The zero-order chi connectivity index (χ0) is 12.8. The van der Waals surface area contributed by atoms with E-state index in [9.17, 15) is 9.59 Å². The normalized spacial score (nSPS) is 12.4. The lowest BCUT2D eigenvalue weighted by Gasteiger charge is -2.15. The van der Waals surface area contributed by atoms with Crippen LogP contribution in [0.25, 0.3) is 0 Å². The van der Waals surface area contributed by atoms with Crippen LogP contribution in [0.15, 0.2) is 17.1 Å². The zero-order valence-corrected chi connectivity index (χ0v) is 9.84. The Labute approximate surface area is 99.0 Å². The molecule has 0 fully saturated rings. The van der Waals surface area contributed by atoms with Gasteiger partial charge in [-0.2, -0.15) is 0 Å². The van der Waals surface area contributed by atoms with Crippen molar-refractivity contribution in [3.63, 3.8) is 0 Å². The maximum absolute atomic E-state index is 11.6. The van der Waals surface area contributed by atoms with Crippen molar-refractivity contribution < 1.29 is 19.1 Å². The third kappa shape index (κ3) is 4.67. The standard InChI is InChI=1S/C11H16N2O4/c1-7(2)3-9(11(15)16)13-10(14)4-8-5-17-6-12-8/h5-7,9H,3-4H2,1-2H3,(H,13,14)(H,15,16)/t9-/m1/s1. The monoisotopic (exact) mass is 240 g/mol. The van der Waals surface area contributed by atoms with Gasteiger partial charge in [0.2, 0.25) is 5.91 Å². The number of nitrogens with zero attached hydrogens (tertiary/aromatic N) is 1. The molecule has 1 heterocycles. The van der Waals surface area contributed by atoms with Crippen LogP contribution in [-0.2, 0) is 16.0 Å². The number of hydrogen-bond acceptors (Lipinski definition) is 4. The Morgan fingerprint density at radius 2 is 2.24 bits per heavy atom. The number of oxazole rings is 1. The van der Waals surface area contributed by atoms with Crippen LogP contribution in [0.2, 0.25) is 0 Å². The maximum Gasteiger partial charge on any atom is 0.326 e. The van der Waals surface area contributed by atoms with Gasteiger partial charge >= 0.3 is 5.97 Å². The zero-order valence-electron chi connectivity index (χ0n) is 9.84. The Morgan fingerprint density at radius 3 is 2.71 bits per heavy atom.